The highest BCUT2D eigenvalue weighted by Crippen LogP contribution is 2.75. The van der Waals surface area contributed by atoms with E-state index in [-0.39, 0.29) is 27.8 Å². The number of fused-ring (bicyclic) bond motifs is 7. The van der Waals surface area contributed by atoms with E-state index in [1.807, 2.05) is 30.4 Å². The van der Waals surface area contributed by atoms with Gasteiger partial charge < -0.3 is 15.7 Å². The summed E-state index contributed by atoms with van der Waals surface area (Å²) < 4.78 is 13.4. The number of rotatable bonds is 8. The zero-order valence-electron chi connectivity index (χ0n) is 31.3. The van der Waals surface area contributed by atoms with Crippen LogP contribution in [0.5, 0.6) is 0 Å². The summed E-state index contributed by atoms with van der Waals surface area (Å²) in [6.07, 6.45) is 18.6. The predicted molar refractivity (Wildman–Crippen MR) is 201 cm³/mol. The molecule has 5 aliphatic rings. The smallest absolute Gasteiger partial charge is 0.335 e. The monoisotopic (exact) mass is 693 g/mol. The van der Waals surface area contributed by atoms with Crippen molar-refractivity contribution in [2.24, 2.45) is 45.8 Å². The molecule has 1 aromatic carbocycles. The maximum absolute atomic E-state index is 13.2. The molecule has 10 atom stereocenters. The normalized spacial score (nSPS) is 38.3. The first-order valence-corrected chi connectivity index (χ1v) is 20.4. The number of hydrogen-bond donors (Lipinski definition) is 3. The Morgan fingerprint density at radius 1 is 1.00 bits per heavy atom. The molecule has 1 aromatic rings. The van der Waals surface area contributed by atoms with Crippen LogP contribution >= 0.6 is 0 Å². The molecule has 0 saturated heterocycles. The fraction of sp³-hybridized carbons (Fsp3) is 0.707. The van der Waals surface area contributed by atoms with Crippen molar-refractivity contribution in [3.63, 3.8) is 0 Å². The second-order valence-corrected chi connectivity index (χ2v) is 18.3. The molecule has 0 aliphatic heterocycles. The highest BCUT2D eigenvalue weighted by molar-refractivity contribution is 7.81. The zero-order valence-corrected chi connectivity index (χ0v) is 32.1. The van der Waals surface area contributed by atoms with Gasteiger partial charge in [0.05, 0.1) is 16.5 Å². The lowest BCUT2D eigenvalue weighted by molar-refractivity contribution is -0.210. The fourth-order valence-corrected chi connectivity index (χ4v) is 12.5. The number of aromatic carboxylic acids is 1. The Kier molecular flexibility index (Phi) is 11.3. The third-order valence-corrected chi connectivity index (χ3v) is 15.8. The van der Waals surface area contributed by atoms with E-state index in [0.29, 0.717) is 48.2 Å². The van der Waals surface area contributed by atoms with E-state index in [0.717, 1.165) is 25.7 Å². The standard InChI is InChI=1S/C38H57N3O4S.C3H6/c1-25-28(26-10-12-27(13-11-26)33(42)43)16-19-35(2)29(25)17-20-37(4)32(35)15-14-30-31-9-7-18-38(31,22-21-36(30,37)3)40-34(44)39-23-8-24-41(5)46(6)45;1-3-2/h10-13,16,25,29-32H,7-9,14-15,17-24H2,1-6H3,(H,42,43)(H2,39,40,44);3H,1H2,2H3/t25?,29?,30?,31?,32?,35?,36-,37?,38?,46?;/m1./s1. The number of allylic oxidation sites excluding steroid dienone is 3. The number of benzene rings is 1. The minimum Gasteiger partial charge on any atom is -0.478 e. The quantitative estimate of drug-likeness (QED) is 0.187. The summed E-state index contributed by atoms with van der Waals surface area (Å²) in [4.78, 5) is 24.7. The maximum Gasteiger partial charge on any atom is 0.335 e. The van der Waals surface area contributed by atoms with Crippen molar-refractivity contribution >= 4 is 28.6 Å². The van der Waals surface area contributed by atoms with E-state index in [2.05, 4.69) is 51.0 Å². The molecule has 8 heteroatoms. The molecule has 0 heterocycles. The van der Waals surface area contributed by atoms with E-state index < -0.39 is 17.0 Å². The van der Waals surface area contributed by atoms with Crippen LogP contribution in [0.2, 0.25) is 0 Å². The van der Waals surface area contributed by atoms with Crippen molar-refractivity contribution < 1.29 is 18.9 Å². The first-order valence-electron chi connectivity index (χ1n) is 18.9. The van der Waals surface area contributed by atoms with Crippen molar-refractivity contribution in [1.29, 1.82) is 0 Å². The van der Waals surface area contributed by atoms with Crippen molar-refractivity contribution in [3.8, 4) is 0 Å². The van der Waals surface area contributed by atoms with Gasteiger partial charge in [0.25, 0.3) is 0 Å². The summed E-state index contributed by atoms with van der Waals surface area (Å²) in [5, 5.41) is 16.1. The molecule has 4 fully saturated rings. The van der Waals surface area contributed by atoms with Crippen LogP contribution in [0.3, 0.4) is 0 Å². The van der Waals surface area contributed by atoms with E-state index in [4.69, 9.17) is 0 Å². The van der Waals surface area contributed by atoms with Crippen molar-refractivity contribution in [1.82, 2.24) is 14.9 Å². The average molecular weight is 694 g/mol. The second kappa shape index (κ2) is 14.7. The van der Waals surface area contributed by atoms with Crippen LogP contribution in [0.25, 0.3) is 5.57 Å². The van der Waals surface area contributed by atoms with Gasteiger partial charge in [0.1, 0.15) is 0 Å². The maximum atomic E-state index is 13.2. The Morgan fingerprint density at radius 2 is 1.69 bits per heavy atom. The molecule has 7 nitrogen and oxygen atoms in total. The third kappa shape index (κ3) is 6.70. The van der Waals surface area contributed by atoms with Gasteiger partial charge in [-0.15, -0.1) is 6.58 Å². The van der Waals surface area contributed by atoms with Crippen LogP contribution in [0.4, 0.5) is 4.79 Å². The van der Waals surface area contributed by atoms with Crippen LogP contribution in [0.1, 0.15) is 121 Å². The van der Waals surface area contributed by atoms with Gasteiger partial charge in [-0.1, -0.05) is 58.4 Å². The summed E-state index contributed by atoms with van der Waals surface area (Å²) in [5.74, 6) is 2.06. The summed E-state index contributed by atoms with van der Waals surface area (Å²) in [6.45, 7) is 16.9. The first kappa shape index (κ1) is 37.8. The van der Waals surface area contributed by atoms with Gasteiger partial charge in [-0.05, 0) is 147 Å². The van der Waals surface area contributed by atoms with Crippen LogP contribution in [0, 0.1) is 45.8 Å². The van der Waals surface area contributed by atoms with Crippen LogP contribution in [-0.2, 0) is 11.0 Å². The molecule has 0 aromatic heterocycles. The van der Waals surface area contributed by atoms with Crippen LogP contribution in [-0.4, -0.2) is 57.6 Å². The molecule has 4 saturated carbocycles. The van der Waals surface area contributed by atoms with Crippen molar-refractivity contribution in [3.05, 3.63) is 54.1 Å². The highest BCUT2D eigenvalue weighted by Gasteiger charge is 2.68. The second-order valence-electron chi connectivity index (χ2n) is 16.8. The van der Waals surface area contributed by atoms with Gasteiger partial charge in [-0.25, -0.2) is 18.1 Å². The van der Waals surface area contributed by atoms with Gasteiger partial charge >= 0.3 is 12.0 Å². The first-order chi connectivity index (χ1) is 23.2. The van der Waals surface area contributed by atoms with Crippen molar-refractivity contribution in [2.75, 3.05) is 26.4 Å². The molecule has 3 N–H and O–H groups in total. The number of urea groups is 1. The Bertz CT molecular complexity index is 1440. The molecule has 5 aliphatic carbocycles. The number of carbonyl (C=O) groups is 2. The summed E-state index contributed by atoms with van der Waals surface area (Å²) in [6, 6.07) is 7.49. The molecule has 272 valence electrons. The molecule has 0 bridgehead atoms. The average Bonchev–Trinajstić information content (AvgIpc) is 3.47. The highest BCUT2D eigenvalue weighted by atomic mass is 32.2. The molecule has 49 heavy (non-hydrogen) atoms. The van der Waals surface area contributed by atoms with Gasteiger partial charge in [0.15, 0.2) is 0 Å². The number of carboxylic acids is 1. The topological polar surface area (TPSA) is 98.7 Å². The Morgan fingerprint density at radius 3 is 2.35 bits per heavy atom. The minimum atomic E-state index is -0.982. The zero-order chi connectivity index (χ0) is 35.8. The number of hydrogen-bond acceptors (Lipinski definition) is 3. The molecule has 0 spiro atoms. The largest absolute Gasteiger partial charge is 0.478 e. The number of carbonyl (C=O) groups excluding carboxylic acids is 1. The lowest BCUT2D eigenvalue weighted by Gasteiger charge is -2.71. The molecular formula is C41H63N3O4S. The number of amides is 2. The molecule has 2 amide bonds. The Hall–Kier alpha value is -2.45. The molecule has 9 unspecified atom stereocenters. The number of carboxylic acid groups (broad SMARTS) is 1. The lowest BCUT2D eigenvalue weighted by Crippen LogP contribution is -2.67. The summed E-state index contributed by atoms with van der Waals surface area (Å²) >= 11 is 0. The summed E-state index contributed by atoms with van der Waals surface area (Å²) in [7, 11) is 0.871. The van der Waals surface area contributed by atoms with E-state index in [9.17, 15) is 18.9 Å². The van der Waals surface area contributed by atoms with Gasteiger partial charge in [0, 0.05) is 24.9 Å². The van der Waals surface area contributed by atoms with E-state index in [1.165, 1.54) is 56.1 Å². The number of nitrogens with one attached hydrogen (secondary N) is 2. The fourth-order valence-electron chi connectivity index (χ4n) is 12.1. The SMILES string of the molecule is C=CC.CC1C(c2ccc(C(=O)O)cc2)=CCC2(C)C1CCC1(C)C2CCC2C3CCCC3(NC(=O)NCCCN(C)S(C)=O)CC[C@]21C. The predicted octanol–water partition coefficient (Wildman–Crippen LogP) is 8.70. The van der Waals surface area contributed by atoms with Crippen molar-refractivity contribution in [2.45, 2.75) is 111 Å². The van der Waals surface area contributed by atoms with Crippen LogP contribution < -0.4 is 10.6 Å². The lowest BCUT2D eigenvalue weighted by atomic mass is 9.34. The minimum absolute atomic E-state index is 0.0277. The molecular weight excluding hydrogens is 631 g/mol. The number of nitrogens with zero attached hydrogens (tertiary/aromatic N) is 1. The van der Waals surface area contributed by atoms with E-state index >= 15 is 0 Å². The van der Waals surface area contributed by atoms with Gasteiger partial charge in [0.2, 0.25) is 0 Å². The Balaban J connectivity index is 0.00000151. The molecule has 6 rings (SSSR count). The van der Waals surface area contributed by atoms with Crippen LogP contribution in [0.15, 0.2) is 43.0 Å². The van der Waals surface area contributed by atoms with E-state index in [1.54, 1.807) is 24.5 Å². The van der Waals surface area contributed by atoms with Gasteiger partial charge in [-0.2, -0.15) is 0 Å². The summed E-state index contributed by atoms with van der Waals surface area (Å²) in [5.41, 5.74) is 3.63. The Labute approximate surface area is 298 Å². The molecule has 0 radical (unpaired) electrons. The third-order valence-electron chi connectivity index (χ3n) is 14.8. The van der Waals surface area contributed by atoms with Gasteiger partial charge in [-0.3, -0.25) is 0 Å².